The van der Waals surface area contributed by atoms with Gasteiger partial charge in [0.2, 0.25) is 5.88 Å². The largest absolute Gasteiger partial charge is 0.439 e. The Bertz CT molecular complexity index is 1110. The van der Waals surface area contributed by atoms with Crippen LogP contribution in [0.4, 0.5) is 11.6 Å². The zero-order valence-electron chi connectivity index (χ0n) is 13.9. The van der Waals surface area contributed by atoms with E-state index in [0.29, 0.717) is 28.2 Å². The van der Waals surface area contributed by atoms with Crippen molar-refractivity contribution in [1.29, 1.82) is 0 Å². The number of furan rings is 1. The Hall–Kier alpha value is -3.34. The number of fused-ring (bicyclic) bond motifs is 1. The summed E-state index contributed by atoms with van der Waals surface area (Å²) in [5.74, 6) is 1.00. The first-order valence-electron chi connectivity index (χ1n) is 7.94. The molecule has 0 saturated heterocycles. The molecule has 0 spiro atoms. The summed E-state index contributed by atoms with van der Waals surface area (Å²) in [6.07, 6.45) is 3.39. The minimum absolute atomic E-state index is 0.412. The molecule has 4 rings (SSSR count). The van der Waals surface area contributed by atoms with Gasteiger partial charge in [-0.25, -0.2) is 4.79 Å². The van der Waals surface area contributed by atoms with Gasteiger partial charge in [-0.2, -0.15) is 0 Å². The van der Waals surface area contributed by atoms with Gasteiger partial charge in [0.15, 0.2) is 0 Å². The Balaban J connectivity index is 1.99. The maximum Gasteiger partial charge on any atom is 0.347 e. The van der Waals surface area contributed by atoms with Crippen LogP contribution in [0.25, 0.3) is 22.1 Å². The SMILES string of the molecule is Cc1cc2oc(Nc3ccccc3C)c(-c3cccnc3)c2c(=O)o1. The third-order valence-corrected chi connectivity index (χ3v) is 4.07. The van der Waals surface area contributed by atoms with Crippen molar-refractivity contribution in [2.24, 2.45) is 0 Å². The summed E-state index contributed by atoms with van der Waals surface area (Å²) in [5.41, 5.74) is 3.49. The van der Waals surface area contributed by atoms with E-state index < -0.39 is 5.63 Å². The number of aromatic nitrogens is 1. The van der Waals surface area contributed by atoms with Crippen LogP contribution in [0.15, 0.2) is 68.5 Å². The standard InChI is InChI=1S/C20H16N2O3/c1-12-6-3-4-8-15(12)22-19-17(14-7-5-9-21-11-14)18-16(25-19)10-13(2)24-20(18)23/h3-11,22H,1-2H3. The molecule has 3 aromatic heterocycles. The molecule has 0 unspecified atom stereocenters. The summed E-state index contributed by atoms with van der Waals surface area (Å²) in [4.78, 5) is 16.6. The maximum absolute atomic E-state index is 12.5. The van der Waals surface area contributed by atoms with Gasteiger partial charge < -0.3 is 14.2 Å². The second-order valence-corrected chi connectivity index (χ2v) is 5.87. The molecule has 5 nitrogen and oxygen atoms in total. The number of pyridine rings is 1. The number of para-hydroxylation sites is 1. The molecule has 3 heterocycles. The Labute approximate surface area is 143 Å². The average Bonchev–Trinajstić information content (AvgIpc) is 2.96. The lowest BCUT2D eigenvalue weighted by Crippen LogP contribution is -2.00. The molecule has 0 radical (unpaired) electrons. The van der Waals surface area contributed by atoms with Gasteiger partial charge in [0.05, 0.1) is 5.56 Å². The number of anilines is 2. The third-order valence-electron chi connectivity index (χ3n) is 4.07. The van der Waals surface area contributed by atoms with Crippen molar-refractivity contribution in [3.8, 4) is 11.1 Å². The number of hydrogen-bond donors (Lipinski definition) is 1. The van der Waals surface area contributed by atoms with Gasteiger partial charge >= 0.3 is 5.63 Å². The number of aryl methyl sites for hydroxylation is 2. The zero-order valence-corrected chi connectivity index (χ0v) is 13.9. The van der Waals surface area contributed by atoms with E-state index in [0.717, 1.165) is 16.8 Å². The highest BCUT2D eigenvalue weighted by atomic mass is 16.4. The molecule has 124 valence electrons. The first-order valence-corrected chi connectivity index (χ1v) is 7.94. The Morgan fingerprint density at radius 2 is 1.88 bits per heavy atom. The van der Waals surface area contributed by atoms with Crippen LogP contribution in [0.5, 0.6) is 0 Å². The second-order valence-electron chi connectivity index (χ2n) is 5.87. The molecule has 0 bridgehead atoms. The summed E-state index contributed by atoms with van der Waals surface area (Å²) < 4.78 is 11.3. The lowest BCUT2D eigenvalue weighted by atomic mass is 10.1. The van der Waals surface area contributed by atoms with Gasteiger partial charge in [-0.15, -0.1) is 0 Å². The van der Waals surface area contributed by atoms with E-state index in [1.54, 1.807) is 25.4 Å². The molecule has 5 heteroatoms. The highest BCUT2D eigenvalue weighted by Gasteiger charge is 2.21. The minimum Gasteiger partial charge on any atom is -0.439 e. The summed E-state index contributed by atoms with van der Waals surface area (Å²) in [5, 5.41) is 3.71. The van der Waals surface area contributed by atoms with Crippen LogP contribution < -0.4 is 10.9 Å². The molecule has 0 aliphatic rings. The van der Waals surface area contributed by atoms with Crippen molar-refractivity contribution in [1.82, 2.24) is 4.98 Å². The van der Waals surface area contributed by atoms with Gasteiger partial charge in [-0.3, -0.25) is 4.98 Å². The number of hydrogen-bond acceptors (Lipinski definition) is 5. The fraction of sp³-hybridized carbons (Fsp3) is 0.100. The third kappa shape index (κ3) is 2.70. The van der Waals surface area contributed by atoms with Gasteiger partial charge in [-0.1, -0.05) is 24.3 Å². The molecule has 0 fully saturated rings. The minimum atomic E-state index is -0.421. The zero-order chi connectivity index (χ0) is 17.4. The first kappa shape index (κ1) is 15.2. The van der Waals surface area contributed by atoms with E-state index in [-0.39, 0.29) is 0 Å². The average molecular weight is 332 g/mol. The highest BCUT2D eigenvalue weighted by Crippen LogP contribution is 2.38. The highest BCUT2D eigenvalue weighted by molar-refractivity contribution is 6.00. The van der Waals surface area contributed by atoms with Crippen LogP contribution >= 0.6 is 0 Å². The van der Waals surface area contributed by atoms with Crippen molar-refractivity contribution in [3.05, 3.63) is 76.6 Å². The molecule has 25 heavy (non-hydrogen) atoms. The predicted octanol–water partition coefficient (Wildman–Crippen LogP) is 4.81. The fourth-order valence-corrected chi connectivity index (χ4v) is 2.87. The van der Waals surface area contributed by atoms with Gasteiger partial charge in [0.1, 0.15) is 16.7 Å². The van der Waals surface area contributed by atoms with E-state index in [1.165, 1.54) is 0 Å². The van der Waals surface area contributed by atoms with E-state index in [1.807, 2.05) is 43.3 Å². The second kappa shape index (κ2) is 5.94. The summed E-state index contributed by atoms with van der Waals surface area (Å²) in [7, 11) is 0. The smallest absolute Gasteiger partial charge is 0.347 e. The molecule has 4 aromatic rings. The van der Waals surface area contributed by atoms with Crippen molar-refractivity contribution < 1.29 is 8.83 Å². The van der Waals surface area contributed by atoms with Crippen LogP contribution in [0.1, 0.15) is 11.3 Å². The molecule has 0 amide bonds. The Morgan fingerprint density at radius 3 is 2.64 bits per heavy atom. The van der Waals surface area contributed by atoms with Gasteiger partial charge in [-0.05, 0) is 31.5 Å². The van der Waals surface area contributed by atoms with Crippen molar-refractivity contribution in [2.75, 3.05) is 5.32 Å². The number of nitrogens with one attached hydrogen (secondary N) is 1. The van der Waals surface area contributed by atoms with Crippen molar-refractivity contribution >= 4 is 22.5 Å². The number of nitrogens with zero attached hydrogens (tertiary/aromatic N) is 1. The molecule has 0 aliphatic carbocycles. The van der Waals surface area contributed by atoms with Gasteiger partial charge in [0.25, 0.3) is 0 Å². The van der Waals surface area contributed by atoms with Crippen molar-refractivity contribution in [3.63, 3.8) is 0 Å². The van der Waals surface area contributed by atoms with Crippen LogP contribution in [0.3, 0.4) is 0 Å². The van der Waals surface area contributed by atoms with E-state index in [4.69, 9.17) is 8.83 Å². The van der Waals surface area contributed by atoms with Crippen molar-refractivity contribution in [2.45, 2.75) is 13.8 Å². The molecule has 0 atom stereocenters. The summed E-state index contributed by atoms with van der Waals surface area (Å²) in [6.45, 7) is 3.73. The molecule has 1 aromatic carbocycles. The molecule has 1 N–H and O–H groups in total. The van der Waals surface area contributed by atoms with E-state index in [9.17, 15) is 4.79 Å². The number of rotatable bonds is 3. The Morgan fingerprint density at radius 1 is 1.04 bits per heavy atom. The summed E-state index contributed by atoms with van der Waals surface area (Å²) >= 11 is 0. The monoisotopic (exact) mass is 332 g/mol. The first-order chi connectivity index (χ1) is 12.1. The summed E-state index contributed by atoms with van der Waals surface area (Å²) in [6, 6.07) is 13.3. The van der Waals surface area contributed by atoms with Crippen LogP contribution in [0.2, 0.25) is 0 Å². The lowest BCUT2D eigenvalue weighted by molar-refractivity contribution is 0.485. The van der Waals surface area contributed by atoms with Crippen LogP contribution in [0, 0.1) is 13.8 Å². The van der Waals surface area contributed by atoms with E-state index >= 15 is 0 Å². The predicted molar refractivity (Wildman–Crippen MR) is 97.2 cm³/mol. The fourth-order valence-electron chi connectivity index (χ4n) is 2.87. The topological polar surface area (TPSA) is 68.3 Å². The molecule has 0 saturated carbocycles. The maximum atomic E-state index is 12.5. The lowest BCUT2D eigenvalue weighted by Gasteiger charge is -2.08. The molecular formula is C20H16N2O3. The van der Waals surface area contributed by atoms with Crippen LogP contribution in [-0.2, 0) is 0 Å². The number of benzene rings is 1. The normalized spacial score (nSPS) is 11.0. The van der Waals surface area contributed by atoms with Gasteiger partial charge in [0, 0.05) is 29.7 Å². The quantitative estimate of drug-likeness (QED) is 0.583. The molecule has 0 aliphatic heterocycles. The molecular weight excluding hydrogens is 316 g/mol. The van der Waals surface area contributed by atoms with Crippen LogP contribution in [-0.4, -0.2) is 4.98 Å². The Kier molecular flexibility index (Phi) is 3.61. The van der Waals surface area contributed by atoms with E-state index in [2.05, 4.69) is 10.3 Å².